The number of fused-ring (bicyclic) bond motifs is 1. The number of aromatic nitrogens is 1. The zero-order valence-corrected chi connectivity index (χ0v) is 8.10. The summed E-state index contributed by atoms with van der Waals surface area (Å²) in [5.74, 6) is 0. The highest BCUT2D eigenvalue weighted by molar-refractivity contribution is 6.02. The van der Waals surface area contributed by atoms with Crippen molar-refractivity contribution < 1.29 is 14.7 Å². The van der Waals surface area contributed by atoms with Crippen LogP contribution in [0.1, 0.15) is 15.9 Å². The van der Waals surface area contributed by atoms with Crippen molar-refractivity contribution in [2.75, 3.05) is 0 Å². The SMILES string of the molecule is Cc1cccc2c1c(C=O)cn2C(=O)O. The zero-order valence-electron chi connectivity index (χ0n) is 8.10. The van der Waals surface area contributed by atoms with Gasteiger partial charge in [-0.25, -0.2) is 4.79 Å². The van der Waals surface area contributed by atoms with E-state index in [-0.39, 0.29) is 0 Å². The van der Waals surface area contributed by atoms with Crippen molar-refractivity contribution in [2.24, 2.45) is 0 Å². The number of benzene rings is 1. The quantitative estimate of drug-likeness (QED) is 0.723. The molecule has 1 N–H and O–H groups in total. The molecule has 1 aromatic carbocycles. The number of nitrogens with zero attached hydrogens (tertiary/aromatic N) is 1. The Hall–Kier alpha value is -2.10. The van der Waals surface area contributed by atoms with Gasteiger partial charge in [0.2, 0.25) is 0 Å². The molecule has 2 rings (SSSR count). The average molecular weight is 203 g/mol. The molecular formula is C11H9NO3. The Kier molecular flexibility index (Phi) is 2.04. The van der Waals surface area contributed by atoms with E-state index in [0.29, 0.717) is 22.8 Å². The molecule has 76 valence electrons. The van der Waals surface area contributed by atoms with Crippen molar-refractivity contribution in [3.05, 3.63) is 35.5 Å². The lowest BCUT2D eigenvalue weighted by molar-refractivity contribution is 0.112. The summed E-state index contributed by atoms with van der Waals surface area (Å²) in [6, 6.07) is 5.30. The number of rotatable bonds is 1. The van der Waals surface area contributed by atoms with Crippen LogP contribution < -0.4 is 0 Å². The average Bonchev–Trinajstić information content (AvgIpc) is 2.58. The minimum absolute atomic E-state index is 0.408. The van der Waals surface area contributed by atoms with E-state index in [1.54, 1.807) is 12.1 Å². The molecule has 0 aliphatic carbocycles. The van der Waals surface area contributed by atoms with Gasteiger partial charge in [-0.05, 0) is 18.6 Å². The highest BCUT2D eigenvalue weighted by Crippen LogP contribution is 2.23. The first-order valence-electron chi connectivity index (χ1n) is 4.44. The molecule has 0 spiro atoms. The minimum atomic E-state index is -1.08. The third kappa shape index (κ3) is 1.30. The number of hydrogen-bond acceptors (Lipinski definition) is 2. The van der Waals surface area contributed by atoms with Crippen LogP contribution in [0.4, 0.5) is 4.79 Å². The first-order chi connectivity index (χ1) is 7.15. The zero-order chi connectivity index (χ0) is 11.0. The Morgan fingerprint density at radius 3 is 2.80 bits per heavy atom. The lowest BCUT2D eigenvalue weighted by atomic mass is 10.1. The van der Waals surface area contributed by atoms with E-state index in [0.717, 1.165) is 10.1 Å². The molecule has 0 bridgehead atoms. The van der Waals surface area contributed by atoms with Crippen LogP contribution in [0.3, 0.4) is 0 Å². The van der Waals surface area contributed by atoms with E-state index in [1.165, 1.54) is 6.20 Å². The van der Waals surface area contributed by atoms with E-state index in [1.807, 2.05) is 13.0 Å². The summed E-state index contributed by atoms with van der Waals surface area (Å²) in [5.41, 5.74) is 1.85. The van der Waals surface area contributed by atoms with Gasteiger partial charge in [0, 0.05) is 17.1 Å². The summed E-state index contributed by atoms with van der Waals surface area (Å²) in [6.07, 6.45) is 0.931. The van der Waals surface area contributed by atoms with Gasteiger partial charge in [-0.3, -0.25) is 9.36 Å². The summed E-state index contributed by atoms with van der Waals surface area (Å²) >= 11 is 0. The van der Waals surface area contributed by atoms with Gasteiger partial charge in [-0.2, -0.15) is 0 Å². The maximum Gasteiger partial charge on any atom is 0.416 e. The minimum Gasteiger partial charge on any atom is -0.464 e. The molecule has 15 heavy (non-hydrogen) atoms. The van der Waals surface area contributed by atoms with E-state index >= 15 is 0 Å². The molecule has 4 heteroatoms. The van der Waals surface area contributed by atoms with E-state index in [9.17, 15) is 9.59 Å². The summed E-state index contributed by atoms with van der Waals surface area (Å²) in [6.45, 7) is 1.85. The molecular weight excluding hydrogens is 194 g/mol. The van der Waals surface area contributed by atoms with Gasteiger partial charge in [-0.15, -0.1) is 0 Å². The monoisotopic (exact) mass is 203 g/mol. The van der Waals surface area contributed by atoms with Crippen LogP contribution in [-0.4, -0.2) is 22.1 Å². The molecule has 0 saturated carbocycles. The van der Waals surface area contributed by atoms with Crippen molar-refractivity contribution in [2.45, 2.75) is 6.92 Å². The maximum absolute atomic E-state index is 10.9. The van der Waals surface area contributed by atoms with Crippen LogP contribution in [0.15, 0.2) is 24.4 Å². The number of carbonyl (C=O) groups is 2. The Balaban J connectivity index is 2.93. The van der Waals surface area contributed by atoms with Crippen molar-refractivity contribution >= 4 is 23.3 Å². The van der Waals surface area contributed by atoms with Gasteiger partial charge in [-0.1, -0.05) is 12.1 Å². The van der Waals surface area contributed by atoms with Crippen LogP contribution in [0.25, 0.3) is 10.9 Å². The second-order valence-electron chi connectivity index (χ2n) is 3.32. The first-order valence-corrected chi connectivity index (χ1v) is 4.44. The molecule has 2 aromatic rings. The van der Waals surface area contributed by atoms with Crippen molar-refractivity contribution in [3.8, 4) is 0 Å². The summed E-state index contributed by atoms with van der Waals surface area (Å²) in [7, 11) is 0. The molecule has 0 unspecified atom stereocenters. The smallest absolute Gasteiger partial charge is 0.416 e. The molecule has 0 saturated heterocycles. The van der Waals surface area contributed by atoms with Crippen LogP contribution in [0, 0.1) is 6.92 Å². The Morgan fingerprint density at radius 2 is 2.20 bits per heavy atom. The Labute approximate surface area is 85.7 Å². The molecule has 0 fully saturated rings. The molecule has 1 heterocycles. The maximum atomic E-state index is 10.9. The lowest BCUT2D eigenvalue weighted by Gasteiger charge is -1.98. The fourth-order valence-electron chi connectivity index (χ4n) is 1.75. The number of aldehydes is 1. The lowest BCUT2D eigenvalue weighted by Crippen LogP contribution is -2.05. The summed E-state index contributed by atoms with van der Waals surface area (Å²) < 4.78 is 1.06. The second kappa shape index (κ2) is 3.24. The molecule has 0 amide bonds. The van der Waals surface area contributed by atoms with Crippen molar-refractivity contribution in [3.63, 3.8) is 0 Å². The van der Waals surface area contributed by atoms with Crippen LogP contribution >= 0.6 is 0 Å². The van der Waals surface area contributed by atoms with Gasteiger partial charge in [0.25, 0.3) is 0 Å². The third-order valence-corrected chi connectivity index (χ3v) is 2.40. The summed E-state index contributed by atoms with van der Waals surface area (Å²) in [4.78, 5) is 21.7. The van der Waals surface area contributed by atoms with Crippen LogP contribution in [0.5, 0.6) is 0 Å². The number of aryl methyl sites for hydroxylation is 1. The highest BCUT2D eigenvalue weighted by atomic mass is 16.4. The van der Waals surface area contributed by atoms with Gasteiger partial charge >= 0.3 is 6.09 Å². The van der Waals surface area contributed by atoms with Gasteiger partial charge in [0.15, 0.2) is 6.29 Å². The number of carboxylic acid groups (broad SMARTS) is 1. The number of carbonyl (C=O) groups excluding carboxylic acids is 1. The topological polar surface area (TPSA) is 59.3 Å². The van der Waals surface area contributed by atoms with Gasteiger partial charge in [0.1, 0.15) is 0 Å². The van der Waals surface area contributed by atoms with E-state index in [4.69, 9.17) is 5.11 Å². The van der Waals surface area contributed by atoms with Gasteiger partial charge < -0.3 is 5.11 Å². The fourth-order valence-corrected chi connectivity index (χ4v) is 1.75. The van der Waals surface area contributed by atoms with Crippen LogP contribution in [-0.2, 0) is 0 Å². The Morgan fingerprint density at radius 1 is 1.47 bits per heavy atom. The molecule has 4 nitrogen and oxygen atoms in total. The number of hydrogen-bond donors (Lipinski definition) is 1. The molecule has 0 atom stereocenters. The van der Waals surface area contributed by atoms with Crippen molar-refractivity contribution in [1.29, 1.82) is 0 Å². The Bertz CT molecular complexity index is 554. The van der Waals surface area contributed by atoms with E-state index < -0.39 is 6.09 Å². The fraction of sp³-hybridized carbons (Fsp3) is 0.0909. The molecule has 0 radical (unpaired) electrons. The predicted octanol–water partition coefficient (Wildman–Crippen LogP) is 2.29. The summed E-state index contributed by atoms with van der Waals surface area (Å²) in [5, 5.41) is 9.63. The van der Waals surface area contributed by atoms with Crippen LogP contribution in [0.2, 0.25) is 0 Å². The molecule has 0 aliphatic rings. The predicted molar refractivity (Wildman–Crippen MR) is 55.5 cm³/mol. The first kappa shape index (κ1) is 9.45. The third-order valence-electron chi connectivity index (χ3n) is 2.40. The largest absolute Gasteiger partial charge is 0.464 e. The highest BCUT2D eigenvalue weighted by Gasteiger charge is 2.13. The normalized spacial score (nSPS) is 10.5. The standard InChI is InChI=1S/C11H9NO3/c1-7-3-2-4-9-10(7)8(6-13)5-12(9)11(14)15/h2-6H,1H3,(H,14,15). The molecule has 0 aliphatic heterocycles. The van der Waals surface area contributed by atoms with Crippen molar-refractivity contribution in [1.82, 2.24) is 4.57 Å². The van der Waals surface area contributed by atoms with Gasteiger partial charge in [0.05, 0.1) is 5.52 Å². The second-order valence-corrected chi connectivity index (χ2v) is 3.32. The van der Waals surface area contributed by atoms with E-state index in [2.05, 4.69) is 0 Å². The molecule has 1 aromatic heterocycles.